The smallest absolute Gasteiger partial charge is 0.257 e. The van der Waals surface area contributed by atoms with Crippen LogP contribution in [0.5, 0.6) is 0 Å². The van der Waals surface area contributed by atoms with E-state index in [1.165, 1.54) is 12.0 Å². The first-order valence-electron chi connectivity index (χ1n) is 8.26. The topological polar surface area (TPSA) is 50.2 Å². The number of hydrogen-bond donors (Lipinski definition) is 1. The summed E-state index contributed by atoms with van der Waals surface area (Å²) < 4.78 is 1.83. The third kappa shape index (κ3) is 4.58. The molecule has 1 fully saturated rings. The van der Waals surface area contributed by atoms with Crippen LogP contribution in [-0.2, 0) is 6.54 Å². The molecular weight excluding hydrogens is 324 g/mol. The third-order valence-corrected chi connectivity index (χ3v) is 4.37. The lowest BCUT2D eigenvalue weighted by Gasteiger charge is -2.32. The summed E-state index contributed by atoms with van der Waals surface area (Å²) in [6.07, 6.45) is 5.82. The van der Waals surface area contributed by atoms with E-state index < -0.39 is 0 Å². The summed E-state index contributed by atoms with van der Waals surface area (Å²) in [6.45, 7) is 3.35. The Hall–Kier alpha value is -1.85. The molecule has 1 saturated heterocycles. The van der Waals surface area contributed by atoms with E-state index in [1.807, 2.05) is 41.0 Å². The van der Waals surface area contributed by atoms with E-state index in [-0.39, 0.29) is 18.3 Å². The largest absolute Gasteiger partial charge is 0.338 e. The Morgan fingerprint density at radius 2 is 2.12 bits per heavy atom. The van der Waals surface area contributed by atoms with Crippen LogP contribution in [0, 0.1) is 5.92 Å². The molecule has 1 aromatic carbocycles. The molecule has 3 rings (SSSR count). The van der Waals surface area contributed by atoms with Crippen LogP contribution in [-0.4, -0.2) is 47.3 Å². The van der Waals surface area contributed by atoms with Crippen molar-refractivity contribution < 1.29 is 4.79 Å². The van der Waals surface area contributed by atoms with Crippen LogP contribution in [0.25, 0.3) is 0 Å². The Balaban J connectivity index is 0.00000208. The van der Waals surface area contributed by atoms with Gasteiger partial charge in [-0.2, -0.15) is 5.10 Å². The first kappa shape index (κ1) is 18.5. The van der Waals surface area contributed by atoms with Gasteiger partial charge in [-0.05, 0) is 37.9 Å². The van der Waals surface area contributed by atoms with Crippen LogP contribution in [0.15, 0.2) is 42.7 Å². The highest BCUT2D eigenvalue weighted by Gasteiger charge is 2.24. The summed E-state index contributed by atoms with van der Waals surface area (Å²) in [4.78, 5) is 14.6. The number of benzene rings is 1. The van der Waals surface area contributed by atoms with Crippen molar-refractivity contribution in [2.75, 3.05) is 26.7 Å². The number of rotatable bonds is 5. The molecule has 1 amide bonds. The minimum absolute atomic E-state index is 0. The first-order chi connectivity index (χ1) is 11.3. The molecule has 1 aliphatic heterocycles. The fourth-order valence-corrected chi connectivity index (χ4v) is 3.22. The summed E-state index contributed by atoms with van der Waals surface area (Å²) in [5.74, 6) is 0.655. The van der Waals surface area contributed by atoms with E-state index in [4.69, 9.17) is 0 Å². The Kier molecular flexibility index (Phi) is 6.82. The molecule has 1 aliphatic rings. The van der Waals surface area contributed by atoms with Crippen LogP contribution in [0.3, 0.4) is 0 Å². The van der Waals surface area contributed by atoms with Crippen molar-refractivity contribution >= 4 is 18.3 Å². The lowest BCUT2D eigenvalue weighted by molar-refractivity contribution is 0.0674. The van der Waals surface area contributed by atoms with E-state index in [0.29, 0.717) is 18.0 Å². The molecule has 2 heterocycles. The van der Waals surface area contributed by atoms with E-state index >= 15 is 0 Å². The molecule has 130 valence electrons. The molecule has 0 saturated carbocycles. The highest BCUT2D eigenvalue weighted by molar-refractivity contribution is 5.93. The summed E-state index contributed by atoms with van der Waals surface area (Å²) in [5, 5.41) is 7.55. The standard InChI is InChI=1S/C18H24N4O.ClH/c1-19-10-16-8-5-9-21(12-16)18(23)17-11-20-22(14-17)13-15-6-3-2-4-7-15;/h2-4,6-7,11,14,16,19H,5,8-10,12-13H2,1H3;1H. The Bertz CT molecular complexity index is 641. The van der Waals surface area contributed by atoms with Gasteiger partial charge < -0.3 is 10.2 Å². The monoisotopic (exact) mass is 348 g/mol. The zero-order valence-corrected chi connectivity index (χ0v) is 14.8. The number of likely N-dealkylation sites (tertiary alicyclic amines) is 1. The fourth-order valence-electron chi connectivity index (χ4n) is 3.22. The second-order valence-corrected chi connectivity index (χ2v) is 6.23. The van der Waals surface area contributed by atoms with Crippen LogP contribution in [0.2, 0.25) is 0 Å². The van der Waals surface area contributed by atoms with Gasteiger partial charge in [0, 0.05) is 19.3 Å². The van der Waals surface area contributed by atoms with E-state index in [2.05, 4.69) is 22.5 Å². The maximum absolute atomic E-state index is 12.7. The van der Waals surface area contributed by atoms with Crippen molar-refractivity contribution in [2.45, 2.75) is 19.4 Å². The maximum Gasteiger partial charge on any atom is 0.257 e. The summed E-state index contributed by atoms with van der Waals surface area (Å²) in [5.41, 5.74) is 1.87. The molecule has 1 atom stereocenters. The highest BCUT2D eigenvalue weighted by Crippen LogP contribution is 2.18. The number of nitrogens with zero attached hydrogens (tertiary/aromatic N) is 3. The number of halogens is 1. The average molecular weight is 349 g/mol. The van der Waals surface area contributed by atoms with Gasteiger partial charge in [0.2, 0.25) is 0 Å². The van der Waals surface area contributed by atoms with E-state index in [9.17, 15) is 4.79 Å². The van der Waals surface area contributed by atoms with E-state index in [1.54, 1.807) is 6.20 Å². The Morgan fingerprint density at radius 1 is 1.33 bits per heavy atom. The normalized spacial score (nSPS) is 17.4. The van der Waals surface area contributed by atoms with E-state index in [0.717, 1.165) is 26.1 Å². The molecule has 5 nitrogen and oxygen atoms in total. The second-order valence-electron chi connectivity index (χ2n) is 6.23. The lowest BCUT2D eigenvalue weighted by atomic mass is 9.97. The molecule has 0 spiro atoms. The minimum atomic E-state index is 0. The predicted molar refractivity (Wildman–Crippen MR) is 97.6 cm³/mol. The van der Waals surface area contributed by atoms with Crippen molar-refractivity contribution in [3.8, 4) is 0 Å². The lowest BCUT2D eigenvalue weighted by Crippen LogP contribution is -2.42. The van der Waals surface area contributed by atoms with Crippen molar-refractivity contribution in [1.82, 2.24) is 20.0 Å². The molecule has 1 aromatic heterocycles. The number of amides is 1. The highest BCUT2D eigenvalue weighted by atomic mass is 35.5. The Morgan fingerprint density at radius 3 is 2.88 bits per heavy atom. The summed E-state index contributed by atoms with van der Waals surface area (Å²) in [7, 11) is 1.97. The second kappa shape index (κ2) is 8.85. The zero-order valence-electron chi connectivity index (χ0n) is 14.0. The quantitative estimate of drug-likeness (QED) is 0.902. The van der Waals surface area contributed by atoms with Gasteiger partial charge >= 0.3 is 0 Å². The number of carbonyl (C=O) groups excluding carboxylic acids is 1. The van der Waals surface area contributed by atoms with Crippen molar-refractivity contribution in [1.29, 1.82) is 0 Å². The molecule has 0 bridgehead atoms. The van der Waals surface area contributed by atoms with Gasteiger partial charge in [-0.1, -0.05) is 30.3 Å². The predicted octanol–water partition coefficient (Wildman–Crippen LogP) is 2.42. The van der Waals surface area contributed by atoms with Gasteiger partial charge in [0.15, 0.2) is 0 Å². The minimum Gasteiger partial charge on any atom is -0.338 e. The fraction of sp³-hybridized carbons (Fsp3) is 0.444. The van der Waals surface area contributed by atoms with Crippen LogP contribution >= 0.6 is 12.4 Å². The molecule has 0 aliphatic carbocycles. The average Bonchev–Trinajstić information content (AvgIpc) is 3.04. The van der Waals surface area contributed by atoms with Gasteiger partial charge in [-0.3, -0.25) is 9.48 Å². The van der Waals surface area contributed by atoms with Crippen molar-refractivity contribution in [2.24, 2.45) is 5.92 Å². The van der Waals surface area contributed by atoms with Gasteiger partial charge in [0.25, 0.3) is 5.91 Å². The SMILES string of the molecule is CNCC1CCCN(C(=O)c2cnn(Cc3ccccc3)c2)C1.Cl. The molecule has 24 heavy (non-hydrogen) atoms. The first-order valence-corrected chi connectivity index (χ1v) is 8.26. The summed E-state index contributed by atoms with van der Waals surface area (Å²) >= 11 is 0. The van der Waals surface area contributed by atoms with Crippen molar-refractivity contribution in [3.05, 3.63) is 53.9 Å². The number of carbonyl (C=O) groups is 1. The number of piperidine rings is 1. The molecule has 1 N–H and O–H groups in total. The number of aromatic nitrogens is 2. The third-order valence-electron chi connectivity index (χ3n) is 4.37. The molecule has 0 radical (unpaired) electrons. The van der Waals surface area contributed by atoms with Crippen molar-refractivity contribution in [3.63, 3.8) is 0 Å². The van der Waals surface area contributed by atoms with Crippen LogP contribution in [0.1, 0.15) is 28.8 Å². The van der Waals surface area contributed by atoms with Crippen LogP contribution in [0.4, 0.5) is 0 Å². The molecule has 2 aromatic rings. The molecular formula is C18H25ClN4O. The van der Waals surface area contributed by atoms with Gasteiger partial charge in [-0.15, -0.1) is 12.4 Å². The van der Waals surface area contributed by atoms with Gasteiger partial charge in [0.1, 0.15) is 0 Å². The van der Waals surface area contributed by atoms with Gasteiger partial charge in [-0.25, -0.2) is 0 Å². The molecule has 1 unspecified atom stereocenters. The Labute approximate surface area is 149 Å². The van der Waals surface area contributed by atoms with Gasteiger partial charge in [0.05, 0.1) is 18.3 Å². The maximum atomic E-state index is 12.7. The zero-order chi connectivity index (χ0) is 16.1. The number of hydrogen-bond acceptors (Lipinski definition) is 3. The van der Waals surface area contributed by atoms with Crippen LogP contribution < -0.4 is 5.32 Å². The number of nitrogens with one attached hydrogen (secondary N) is 1. The summed E-state index contributed by atoms with van der Waals surface area (Å²) in [6, 6.07) is 10.2. The molecule has 6 heteroatoms.